The Kier molecular flexibility index (Phi) is 5.53. The molecule has 2 heteroatoms. The number of nitrogens with zero attached hydrogens (tertiary/aromatic N) is 2. The van der Waals surface area contributed by atoms with Crippen LogP contribution in [0.3, 0.4) is 0 Å². The van der Waals surface area contributed by atoms with Crippen LogP contribution >= 0.6 is 0 Å². The van der Waals surface area contributed by atoms with Crippen LogP contribution < -0.4 is 0 Å². The third-order valence-electron chi connectivity index (χ3n) is 9.71. The highest BCUT2D eigenvalue weighted by Gasteiger charge is 2.27. The molecule has 2 nitrogen and oxygen atoms in total. The summed E-state index contributed by atoms with van der Waals surface area (Å²) < 4.78 is 2.65. The highest BCUT2D eigenvalue weighted by atomic mass is 14.9. The van der Waals surface area contributed by atoms with Gasteiger partial charge in [0.05, 0.1) is 22.1 Å². The van der Waals surface area contributed by atoms with Gasteiger partial charge in [-0.25, -0.2) is 0 Å². The standard InChI is InChI=1S/C40H42N2/c1-39(2,3)22-24-14-16-28-27(20-24)21-31-36-34-26(18-19-41-36)15-17-30-35-29(25-10-7-8-11-25)12-9-13-33(35)42(38(30)34)37(31)32(28)23-40(4,5)6/h9,12-21,25H,7-8,10-11,22-23H2,1-6H3. The summed E-state index contributed by atoms with van der Waals surface area (Å²) in [6.45, 7) is 14.1. The molecule has 1 fully saturated rings. The third-order valence-corrected chi connectivity index (χ3v) is 9.71. The van der Waals surface area contributed by atoms with Gasteiger partial charge in [0.25, 0.3) is 0 Å². The summed E-state index contributed by atoms with van der Waals surface area (Å²) in [5, 5.41) is 9.45. The van der Waals surface area contributed by atoms with Crippen molar-refractivity contribution < 1.29 is 0 Å². The van der Waals surface area contributed by atoms with E-state index < -0.39 is 0 Å². The van der Waals surface area contributed by atoms with Gasteiger partial charge in [0.2, 0.25) is 0 Å². The molecule has 0 spiro atoms. The van der Waals surface area contributed by atoms with E-state index in [2.05, 4.69) is 107 Å². The Bertz CT molecular complexity index is 2160. The largest absolute Gasteiger partial charge is 0.308 e. The van der Waals surface area contributed by atoms with Gasteiger partial charge in [-0.15, -0.1) is 0 Å². The summed E-state index contributed by atoms with van der Waals surface area (Å²) in [4.78, 5) is 5.14. The molecule has 0 atom stereocenters. The van der Waals surface area contributed by atoms with E-state index in [1.807, 2.05) is 6.20 Å². The second-order valence-electron chi connectivity index (χ2n) is 15.6. The number of rotatable bonds is 3. The van der Waals surface area contributed by atoms with Crippen molar-refractivity contribution >= 4 is 59.8 Å². The smallest absolute Gasteiger partial charge is 0.0823 e. The van der Waals surface area contributed by atoms with Gasteiger partial charge in [-0.05, 0) is 93.5 Å². The first kappa shape index (κ1) is 26.0. The SMILES string of the molecule is CC(C)(C)Cc1ccc2c(CC(C)(C)C)c3c(cc2c1)c1nccc2ccc4c5c(C6CCCC6)cccc5n3c4c21. The minimum atomic E-state index is 0.139. The monoisotopic (exact) mass is 550 g/mol. The first-order valence-electron chi connectivity index (χ1n) is 16.0. The van der Waals surface area contributed by atoms with Gasteiger partial charge in [0, 0.05) is 27.7 Å². The summed E-state index contributed by atoms with van der Waals surface area (Å²) in [6, 6.07) is 23.7. The van der Waals surface area contributed by atoms with Crippen molar-refractivity contribution in [2.45, 2.75) is 86.0 Å². The summed E-state index contributed by atoms with van der Waals surface area (Å²) >= 11 is 0. The Morgan fingerprint density at radius 3 is 2.24 bits per heavy atom. The van der Waals surface area contributed by atoms with Crippen molar-refractivity contribution in [3.8, 4) is 0 Å². The fourth-order valence-corrected chi connectivity index (χ4v) is 8.24. The molecule has 4 aromatic carbocycles. The normalized spacial score (nSPS) is 15.6. The van der Waals surface area contributed by atoms with Crippen LogP contribution in [0.25, 0.3) is 59.8 Å². The fraction of sp³-hybridized carbons (Fsp3) is 0.375. The number of benzene rings is 4. The topological polar surface area (TPSA) is 17.3 Å². The van der Waals surface area contributed by atoms with Gasteiger partial charge in [-0.1, -0.05) is 96.8 Å². The maximum atomic E-state index is 5.14. The van der Waals surface area contributed by atoms with Gasteiger partial charge in [-0.2, -0.15) is 0 Å². The molecule has 8 rings (SSSR count). The minimum absolute atomic E-state index is 0.139. The van der Waals surface area contributed by atoms with Crippen LogP contribution in [0.1, 0.15) is 89.8 Å². The molecule has 0 N–H and O–H groups in total. The predicted molar refractivity (Wildman–Crippen MR) is 181 cm³/mol. The Balaban J connectivity index is 1.61. The van der Waals surface area contributed by atoms with Crippen molar-refractivity contribution in [1.29, 1.82) is 0 Å². The van der Waals surface area contributed by atoms with Crippen LogP contribution in [-0.4, -0.2) is 9.38 Å². The lowest BCUT2D eigenvalue weighted by Gasteiger charge is -2.24. The van der Waals surface area contributed by atoms with Crippen LogP contribution in [0, 0.1) is 10.8 Å². The number of hydrogen-bond donors (Lipinski definition) is 0. The van der Waals surface area contributed by atoms with E-state index in [9.17, 15) is 0 Å². The van der Waals surface area contributed by atoms with Gasteiger partial charge >= 0.3 is 0 Å². The molecule has 1 saturated carbocycles. The Morgan fingerprint density at radius 1 is 0.714 bits per heavy atom. The zero-order valence-corrected chi connectivity index (χ0v) is 26.1. The van der Waals surface area contributed by atoms with Gasteiger partial charge in [0.15, 0.2) is 0 Å². The summed E-state index contributed by atoms with van der Waals surface area (Å²) in [6.07, 6.45) is 9.39. The van der Waals surface area contributed by atoms with Crippen molar-refractivity contribution in [2.75, 3.05) is 0 Å². The highest BCUT2D eigenvalue weighted by molar-refractivity contribution is 6.29. The van der Waals surface area contributed by atoms with Crippen molar-refractivity contribution in [2.24, 2.45) is 10.8 Å². The number of hydrogen-bond acceptors (Lipinski definition) is 1. The van der Waals surface area contributed by atoms with E-state index in [1.165, 1.54) is 91.1 Å². The number of pyridine rings is 2. The van der Waals surface area contributed by atoms with Gasteiger partial charge < -0.3 is 4.40 Å². The van der Waals surface area contributed by atoms with E-state index in [-0.39, 0.29) is 10.8 Å². The molecule has 0 aliphatic heterocycles. The minimum Gasteiger partial charge on any atom is -0.308 e. The number of aromatic nitrogens is 2. The zero-order chi connectivity index (χ0) is 29.0. The highest BCUT2D eigenvalue weighted by Crippen LogP contribution is 2.47. The summed E-state index contributed by atoms with van der Waals surface area (Å²) in [5.41, 5.74) is 10.00. The van der Waals surface area contributed by atoms with Crippen LogP contribution in [0.15, 0.2) is 66.9 Å². The van der Waals surface area contributed by atoms with E-state index in [0.29, 0.717) is 5.92 Å². The lowest BCUT2D eigenvalue weighted by Crippen LogP contribution is -2.12. The Hall–Kier alpha value is -3.65. The molecule has 1 aliphatic carbocycles. The Labute approximate surface area is 249 Å². The van der Waals surface area contributed by atoms with Crippen molar-refractivity contribution in [3.63, 3.8) is 0 Å². The molecule has 0 amide bonds. The summed E-state index contributed by atoms with van der Waals surface area (Å²) in [7, 11) is 0. The lowest BCUT2D eigenvalue weighted by molar-refractivity contribution is 0.411. The maximum absolute atomic E-state index is 5.14. The molecule has 3 heterocycles. The lowest BCUT2D eigenvalue weighted by atomic mass is 9.83. The Morgan fingerprint density at radius 2 is 1.48 bits per heavy atom. The van der Waals surface area contributed by atoms with E-state index in [4.69, 9.17) is 4.98 Å². The molecule has 7 aromatic rings. The van der Waals surface area contributed by atoms with Crippen LogP contribution in [-0.2, 0) is 12.8 Å². The quantitative estimate of drug-likeness (QED) is 0.158. The molecule has 0 bridgehead atoms. The molecule has 0 unspecified atom stereocenters. The number of fused-ring (bicyclic) bond motifs is 7. The molecule has 42 heavy (non-hydrogen) atoms. The fourth-order valence-electron chi connectivity index (χ4n) is 8.24. The molecule has 1 aliphatic rings. The molecule has 0 saturated heterocycles. The second-order valence-corrected chi connectivity index (χ2v) is 15.6. The third kappa shape index (κ3) is 3.94. The first-order valence-corrected chi connectivity index (χ1v) is 16.0. The molecular formula is C40H42N2. The summed E-state index contributed by atoms with van der Waals surface area (Å²) in [5.74, 6) is 0.656. The predicted octanol–water partition coefficient (Wildman–Crippen LogP) is 11.4. The second kappa shape index (κ2) is 8.93. The van der Waals surface area contributed by atoms with E-state index in [0.717, 1.165) is 18.4 Å². The van der Waals surface area contributed by atoms with Gasteiger partial charge in [-0.3, -0.25) is 4.98 Å². The average molecular weight is 551 g/mol. The van der Waals surface area contributed by atoms with E-state index >= 15 is 0 Å². The first-order chi connectivity index (χ1) is 20.1. The van der Waals surface area contributed by atoms with Gasteiger partial charge in [0.1, 0.15) is 0 Å². The molecule has 3 aromatic heterocycles. The van der Waals surface area contributed by atoms with Crippen LogP contribution in [0.2, 0.25) is 0 Å². The maximum Gasteiger partial charge on any atom is 0.0823 e. The average Bonchev–Trinajstić information content (AvgIpc) is 3.58. The van der Waals surface area contributed by atoms with Crippen molar-refractivity contribution in [1.82, 2.24) is 9.38 Å². The molecular weight excluding hydrogens is 508 g/mol. The van der Waals surface area contributed by atoms with Crippen LogP contribution in [0.4, 0.5) is 0 Å². The zero-order valence-electron chi connectivity index (χ0n) is 26.1. The molecule has 212 valence electrons. The molecule has 0 radical (unpaired) electrons. The van der Waals surface area contributed by atoms with E-state index in [1.54, 1.807) is 5.56 Å². The van der Waals surface area contributed by atoms with Crippen LogP contribution in [0.5, 0.6) is 0 Å². The van der Waals surface area contributed by atoms with Crippen molar-refractivity contribution in [3.05, 3.63) is 83.6 Å².